The first-order valence-electron chi connectivity index (χ1n) is 4.91. The van der Waals surface area contributed by atoms with Crippen LogP contribution in [0.2, 0.25) is 0 Å². The molecule has 0 spiro atoms. The minimum absolute atomic E-state index is 0.806. The van der Waals surface area contributed by atoms with Crippen molar-refractivity contribution in [2.75, 3.05) is 26.3 Å². The quantitative estimate of drug-likeness (QED) is 0.717. The van der Waals surface area contributed by atoms with Gasteiger partial charge in [0.15, 0.2) is 0 Å². The van der Waals surface area contributed by atoms with E-state index in [4.69, 9.17) is 4.74 Å². The van der Waals surface area contributed by atoms with Crippen molar-refractivity contribution in [3.63, 3.8) is 0 Å². The zero-order chi connectivity index (χ0) is 9.80. The predicted molar refractivity (Wildman–Crippen MR) is 52.6 cm³/mol. The van der Waals surface area contributed by atoms with E-state index >= 15 is 0 Å². The van der Waals surface area contributed by atoms with Gasteiger partial charge in [0.25, 0.3) is 0 Å². The molecule has 78 valence electrons. The van der Waals surface area contributed by atoms with E-state index in [-0.39, 0.29) is 0 Å². The lowest BCUT2D eigenvalue weighted by Gasteiger charge is -2.26. The monoisotopic (exact) mass is 196 g/mol. The molecule has 0 unspecified atom stereocenters. The zero-order valence-electron chi connectivity index (χ0n) is 8.42. The van der Waals surface area contributed by atoms with Gasteiger partial charge in [0, 0.05) is 19.3 Å². The van der Waals surface area contributed by atoms with Crippen LogP contribution in [-0.4, -0.2) is 41.3 Å². The number of hydrogen-bond donors (Lipinski definition) is 2. The maximum absolute atomic E-state index is 5.25. The third-order valence-electron chi connectivity index (χ3n) is 2.26. The third kappa shape index (κ3) is 2.54. The van der Waals surface area contributed by atoms with E-state index in [0.717, 1.165) is 44.4 Å². The fourth-order valence-electron chi connectivity index (χ4n) is 1.48. The van der Waals surface area contributed by atoms with Crippen molar-refractivity contribution in [1.82, 2.24) is 20.4 Å². The Bertz CT molecular complexity index is 280. The predicted octanol–water partition coefficient (Wildman–Crippen LogP) is 0.0549. The molecule has 1 fully saturated rings. The van der Waals surface area contributed by atoms with Crippen molar-refractivity contribution in [3.05, 3.63) is 17.7 Å². The third-order valence-corrected chi connectivity index (χ3v) is 2.26. The highest BCUT2D eigenvalue weighted by atomic mass is 16.5. The number of aryl methyl sites for hydroxylation is 1. The highest BCUT2D eigenvalue weighted by Crippen LogP contribution is 1.97. The first kappa shape index (κ1) is 9.64. The fraction of sp³-hybridized carbons (Fsp3) is 0.667. The van der Waals surface area contributed by atoms with Crippen molar-refractivity contribution in [2.24, 2.45) is 0 Å². The van der Waals surface area contributed by atoms with Crippen LogP contribution in [0.25, 0.3) is 0 Å². The second-order valence-corrected chi connectivity index (χ2v) is 3.43. The van der Waals surface area contributed by atoms with Gasteiger partial charge in [-0.3, -0.25) is 0 Å². The minimum Gasteiger partial charge on any atom is -0.379 e. The van der Waals surface area contributed by atoms with Gasteiger partial charge in [0.2, 0.25) is 0 Å². The molecule has 0 bridgehead atoms. The molecule has 1 aromatic heterocycles. The molecule has 2 rings (SSSR count). The molecule has 0 radical (unpaired) electrons. The second kappa shape index (κ2) is 4.54. The number of rotatable bonds is 3. The number of aromatic amines is 1. The molecule has 1 aromatic rings. The van der Waals surface area contributed by atoms with Gasteiger partial charge < -0.3 is 9.72 Å². The fourth-order valence-corrected chi connectivity index (χ4v) is 1.48. The molecule has 0 amide bonds. The number of H-pyrrole nitrogens is 1. The lowest BCUT2D eigenvalue weighted by molar-refractivity contribution is 0.0104. The molecule has 1 aliphatic rings. The molecule has 2 heterocycles. The standard InChI is InChI=1S/C9H16N4O/c1-8-10-6-9(12-8)7-11-13-2-4-14-5-3-13/h6,11H,2-5,7H2,1H3,(H,10,12). The Balaban J connectivity index is 1.76. The van der Waals surface area contributed by atoms with Gasteiger partial charge in [0.1, 0.15) is 5.82 Å². The molecule has 0 aliphatic carbocycles. The van der Waals surface area contributed by atoms with Crippen LogP contribution in [0, 0.1) is 6.92 Å². The Morgan fingerprint density at radius 2 is 2.36 bits per heavy atom. The van der Waals surface area contributed by atoms with Crippen molar-refractivity contribution >= 4 is 0 Å². The van der Waals surface area contributed by atoms with Crippen LogP contribution in [0.15, 0.2) is 6.20 Å². The summed E-state index contributed by atoms with van der Waals surface area (Å²) in [7, 11) is 0. The molecule has 2 N–H and O–H groups in total. The van der Waals surface area contributed by atoms with Crippen LogP contribution in [0.1, 0.15) is 11.5 Å². The largest absolute Gasteiger partial charge is 0.379 e. The molecule has 5 heteroatoms. The minimum atomic E-state index is 0.806. The van der Waals surface area contributed by atoms with Crippen LogP contribution in [0.3, 0.4) is 0 Å². The SMILES string of the molecule is Cc1ncc(CNN2CCOCC2)[nH]1. The smallest absolute Gasteiger partial charge is 0.103 e. The molecule has 5 nitrogen and oxygen atoms in total. The summed E-state index contributed by atoms with van der Waals surface area (Å²) in [6, 6.07) is 0. The van der Waals surface area contributed by atoms with Gasteiger partial charge in [0.05, 0.1) is 25.5 Å². The van der Waals surface area contributed by atoms with Crippen LogP contribution in [0.4, 0.5) is 0 Å². The highest BCUT2D eigenvalue weighted by molar-refractivity contribution is 4.98. The molecule has 0 atom stereocenters. The molecule has 1 saturated heterocycles. The summed E-state index contributed by atoms with van der Waals surface area (Å²) in [4.78, 5) is 7.33. The van der Waals surface area contributed by atoms with Crippen molar-refractivity contribution in [1.29, 1.82) is 0 Å². The number of imidazole rings is 1. The number of hydrazine groups is 1. The van der Waals surface area contributed by atoms with Crippen molar-refractivity contribution in [2.45, 2.75) is 13.5 Å². The Hall–Kier alpha value is -0.910. The summed E-state index contributed by atoms with van der Waals surface area (Å²) in [6.07, 6.45) is 1.86. The van der Waals surface area contributed by atoms with E-state index in [2.05, 4.69) is 20.4 Å². The molecule has 0 aromatic carbocycles. The summed E-state index contributed by atoms with van der Waals surface area (Å²) in [6.45, 7) is 6.29. The van der Waals surface area contributed by atoms with Gasteiger partial charge in [-0.05, 0) is 6.92 Å². The van der Waals surface area contributed by atoms with E-state index in [0.29, 0.717) is 0 Å². The van der Waals surface area contributed by atoms with Gasteiger partial charge in [-0.1, -0.05) is 0 Å². The maximum Gasteiger partial charge on any atom is 0.103 e. The van der Waals surface area contributed by atoms with Crippen LogP contribution >= 0.6 is 0 Å². The Morgan fingerprint density at radius 3 is 3.00 bits per heavy atom. The van der Waals surface area contributed by atoms with E-state index in [1.165, 1.54) is 0 Å². The number of nitrogens with one attached hydrogen (secondary N) is 2. The number of morpholine rings is 1. The lowest BCUT2D eigenvalue weighted by atomic mass is 10.4. The summed E-state index contributed by atoms with van der Waals surface area (Å²) >= 11 is 0. The van der Waals surface area contributed by atoms with Crippen molar-refractivity contribution in [3.8, 4) is 0 Å². The average Bonchev–Trinajstić information content (AvgIpc) is 2.63. The van der Waals surface area contributed by atoms with Gasteiger partial charge >= 0.3 is 0 Å². The normalized spacial score (nSPS) is 18.6. The number of aromatic nitrogens is 2. The topological polar surface area (TPSA) is 53.2 Å². The number of ether oxygens (including phenoxy) is 1. The summed E-state index contributed by atoms with van der Waals surface area (Å²) in [5.74, 6) is 0.962. The summed E-state index contributed by atoms with van der Waals surface area (Å²) in [5, 5.41) is 2.18. The molecule has 14 heavy (non-hydrogen) atoms. The Kier molecular flexibility index (Phi) is 3.13. The van der Waals surface area contributed by atoms with Crippen LogP contribution in [-0.2, 0) is 11.3 Å². The van der Waals surface area contributed by atoms with E-state index in [1.807, 2.05) is 13.1 Å². The van der Waals surface area contributed by atoms with Gasteiger partial charge in [-0.25, -0.2) is 15.4 Å². The lowest BCUT2D eigenvalue weighted by Crippen LogP contribution is -2.45. The van der Waals surface area contributed by atoms with Crippen LogP contribution < -0.4 is 5.43 Å². The Morgan fingerprint density at radius 1 is 1.57 bits per heavy atom. The van der Waals surface area contributed by atoms with Gasteiger partial charge in [-0.15, -0.1) is 0 Å². The first-order valence-corrected chi connectivity index (χ1v) is 4.91. The average molecular weight is 196 g/mol. The highest BCUT2D eigenvalue weighted by Gasteiger charge is 2.09. The Labute approximate surface area is 83.4 Å². The zero-order valence-corrected chi connectivity index (χ0v) is 8.42. The van der Waals surface area contributed by atoms with Gasteiger partial charge in [-0.2, -0.15) is 0 Å². The van der Waals surface area contributed by atoms with Crippen LogP contribution in [0.5, 0.6) is 0 Å². The molecular weight excluding hydrogens is 180 g/mol. The van der Waals surface area contributed by atoms with Crippen molar-refractivity contribution < 1.29 is 4.74 Å². The number of hydrogen-bond acceptors (Lipinski definition) is 4. The van der Waals surface area contributed by atoms with E-state index in [9.17, 15) is 0 Å². The molecule has 1 aliphatic heterocycles. The second-order valence-electron chi connectivity index (χ2n) is 3.43. The molecule has 0 saturated carbocycles. The maximum atomic E-state index is 5.25. The molecular formula is C9H16N4O. The van der Waals surface area contributed by atoms with E-state index < -0.39 is 0 Å². The van der Waals surface area contributed by atoms with E-state index in [1.54, 1.807) is 0 Å². The first-order chi connectivity index (χ1) is 6.84. The number of nitrogens with zero attached hydrogens (tertiary/aromatic N) is 2. The summed E-state index contributed by atoms with van der Waals surface area (Å²) < 4.78 is 5.25. The summed E-state index contributed by atoms with van der Waals surface area (Å²) in [5.41, 5.74) is 4.45.